The van der Waals surface area contributed by atoms with Crippen molar-refractivity contribution in [3.8, 4) is 5.75 Å². The Kier molecular flexibility index (Phi) is 6.21. The van der Waals surface area contributed by atoms with E-state index in [4.69, 9.17) is 16.3 Å². The van der Waals surface area contributed by atoms with Crippen LogP contribution in [0.1, 0.15) is 13.3 Å². The van der Waals surface area contributed by atoms with Crippen molar-refractivity contribution in [3.63, 3.8) is 0 Å². The number of ether oxygens (including phenoxy) is 1. The minimum absolute atomic E-state index is 0.142. The van der Waals surface area contributed by atoms with Crippen LogP contribution in [0.2, 0.25) is 5.02 Å². The lowest BCUT2D eigenvalue weighted by Crippen LogP contribution is -2.32. The number of para-hydroxylation sites is 3. The maximum Gasteiger partial charge on any atom is 0.226 e. The number of hydrogen-bond donors (Lipinski definition) is 1. The maximum absolute atomic E-state index is 12.1. The van der Waals surface area contributed by atoms with Gasteiger partial charge in [0.05, 0.1) is 23.5 Å². The van der Waals surface area contributed by atoms with Crippen molar-refractivity contribution in [2.75, 3.05) is 23.9 Å². The van der Waals surface area contributed by atoms with Crippen LogP contribution in [0.25, 0.3) is 0 Å². The van der Waals surface area contributed by atoms with Crippen molar-refractivity contribution in [1.29, 1.82) is 0 Å². The van der Waals surface area contributed by atoms with E-state index in [0.717, 1.165) is 0 Å². The van der Waals surface area contributed by atoms with Gasteiger partial charge in [-0.3, -0.25) is 9.59 Å². The van der Waals surface area contributed by atoms with Crippen LogP contribution in [0.3, 0.4) is 0 Å². The van der Waals surface area contributed by atoms with Crippen LogP contribution >= 0.6 is 11.6 Å². The highest BCUT2D eigenvalue weighted by molar-refractivity contribution is 6.33. The molecule has 0 unspecified atom stereocenters. The second-order valence-corrected chi connectivity index (χ2v) is 5.53. The zero-order chi connectivity index (χ0) is 17.5. The summed E-state index contributed by atoms with van der Waals surface area (Å²) in [4.78, 5) is 25.6. The van der Waals surface area contributed by atoms with Crippen LogP contribution in [0, 0.1) is 0 Å². The first kappa shape index (κ1) is 17.8. The molecule has 1 N–H and O–H groups in total. The molecule has 0 fully saturated rings. The fourth-order valence-corrected chi connectivity index (χ4v) is 2.47. The second-order valence-electron chi connectivity index (χ2n) is 5.12. The first-order chi connectivity index (χ1) is 11.5. The number of carbonyl (C=O) groups is 2. The van der Waals surface area contributed by atoms with E-state index in [1.807, 2.05) is 12.1 Å². The summed E-state index contributed by atoms with van der Waals surface area (Å²) in [6.07, 6.45) is 0.142. The lowest BCUT2D eigenvalue weighted by Gasteiger charge is -2.23. The number of nitrogens with zero attached hydrogens (tertiary/aromatic N) is 1. The fourth-order valence-electron chi connectivity index (χ4n) is 2.29. The predicted octanol–water partition coefficient (Wildman–Crippen LogP) is 3.73. The topological polar surface area (TPSA) is 58.6 Å². The van der Waals surface area contributed by atoms with Gasteiger partial charge in [0.15, 0.2) is 0 Å². The molecule has 126 valence electrons. The molecule has 0 aliphatic carbocycles. The monoisotopic (exact) mass is 346 g/mol. The summed E-state index contributed by atoms with van der Waals surface area (Å²) in [5.74, 6) is 0.202. The summed E-state index contributed by atoms with van der Waals surface area (Å²) in [5, 5.41) is 3.22. The first-order valence-electron chi connectivity index (χ1n) is 7.48. The molecule has 0 aromatic heterocycles. The van der Waals surface area contributed by atoms with Gasteiger partial charge in [-0.05, 0) is 24.3 Å². The van der Waals surface area contributed by atoms with Gasteiger partial charge in [0, 0.05) is 19.9 Å². The summed E-state index contributed by atoms with van der Waals surface area (Å²) in [5.41, 5.74) is 1.19. The number of halogens is 1. The van der Waals surface area contributed by atoms with Gasteiger partial charge >= 0.3 is 0 Å². The average Bonchev–Trinajstić information content (AvgIpc) is 2.57. The summed E-state index contributed by atoms with van der Waals surface area (Å²) in [6.45, 7) is 1.70. The van der Waals surface area contributed by atoms with E-state index in [-0.39, 0.29) is 24.8 Å². The Morgan fingerprint density at radius 2 is 1.79 bits per heavy atom. The summed E-state index contributed by atoms with van der Waals surface area (Å²) in [7, 11) is 1.54. The van der Waals surface area contributed by atoms with Crippen LogP contribution in [0.4, 0.5) is 11.4 Å². The Hall–Kier alpha value is -2.53. The number of carbonyl (C=O) groups excluding carboxylic acids is 2. The van der Waals surface area contributed by atoms with Gasteiger partial charge < -0.3 is 15.0 Å². The maximum atomic E-state index is 12.1. The zero-order valence-corrected chi connectivity index (χ0v) is 14.3. The standard InChI is InChI=1S/C18H19ClN2O3/c1-13(22)21(16-9-5-6-10-17(16)24-2)12-11-18(23)20-15-8-4-3-7-14(15)19/h3-10H,11-12H2,1-2H3,(H,20,23). The van der Waals surface area contributed by atoms with Crippen LogP contribution in [0.5, 0.6) is 5.75 Å². The van der Waals surface area contributed by atoms with Gasteiger partial charge in [-0.15, -0.1) is 0 Å². The third kappa shape index (κ3) is 4.49. The van der Waals surface area contributed by atoms with E-state index < -0.39 is 0 Å². The van der Waals surface area contributed by atoms with Crippen molar-refractivity contribution in [1.82, 2.24) is 0 Å². The van der Waals surface area contributed by atoms with E-state index >= 15 is 0 Å². The Labute approximate surface area is 146 Å². The largest absolute Gasteiger partial charge is 0.495 e. The molecule has 0 heterocycles. The SMILES string of the molecule is COc1ccccc1N(CCC(=O)Nc1ccccc1Cl)C(C)=O. The van der Waals surface area contributed by atoms with Gasteiger partial charge in [-0.25, -0.2) is 0 Å². The van der Waals surface area contributed by atoms with Crippen molar-refractivity contribution >= 4 is 34.8 Å². The van der Waals surface area contributed by atoms with Crippen LogP contribution in [-0.4, -0.2) is 25.5 Å². The zero-order valence-electron chi connectivity index (χ0n) is 13.6. The minimum Gasteiger partial charge on any atom is -0.495 e. The van der Waals surface area contributed by atoms with Crippen molar-refractivity contribution in [3.05, 3.63) is 53.6 Å². The molecule has 2 amide bonds. The van der Waals surface area contributed by atoms with Crippen LogP contribution in [0.15, 0.2) is 48.5 Å². The second kappa shape index (κ2) is 8.36. The van der Waals surface area contributed by atoms with Crippen molar-refractivity contribution in [2.24, 2.45) is 0 Å². The predicted molar refractivity (Wildman–Crippen MR) is 95.7 cm³/mol. The molecule has 0 saturated carbocycles. The number of nitrogens with one attached hydrogen (secondary N) is 1. The van der Waals surface area contributed by atoms with Gasteiger partial charge in [-0.2, -0.15) is 0 Å². The van der Waals surface area contributed by atoms with E-state index in [1.54, 1.807) is 43.5 Å². The normalized spacial score (nSPS) is 10.1. The molecule has 24 heavy (non-hydrogen) atoms. The third-order valence-electron chi connectivity index (χ3n) is 3.47. The molecule has 2 aromatic carbocycles. The molecule has 5 nitrogen and oxygen atoms in total. The van der Waals surface area contributed by atoms with Gasteiger partial charge in [0.1, 0.15) is 5.75 Å². The third-order valence-corrected chi connectivity index (χ3v) is 3.80. The molecular weight excluding hydrogens is 328 g/mol. The summed E-state index contributed by atoms with van der Waals surface area (Å²) >= 11 is 6.02. The number of amides is 2. The highest BCUT2D eigenvalue weighted by atomic mass is 35.5. The number of hydrogen-bond acceptors (Lipinski definition) is 3. The molecule has 2 aromatic rings. The van der Waals surface area contributed by atoms with E-state index in [2.05, 4.69) is 5.32 Å². The number of anilines is 2. The van der Waals surface area contributed by atoms with E-state index in [0.29, 0.717) is 22.1 Å². The number of rotatable bonds is 6. The quantitative estimate of drug-likeness (QED) is 0.867. The number of benzene rings is 2. The first-order valence-corrected chi connectivity index (χ1v) is 7.86. The fraction of sp³-hybridized carbons (Fsp3) is 0.222. The minimum atomic E-state index is -0.218. The van der Waals surface area contributed by atoms with Gasteiger partial charge in [0.25, 0.3) is 0 Å². The van der Waals surface area contributed by atoms with Crippen LogP contribution in [-0.2, 0) is 9.59 Å². The molecule has 0 spiro atoms. The Balaban J connectivity index is 2.05. The Morgan fingerprint density at radius 1 is 1.12 bits per heavy atom. The molecule has 0 bridgehead atoms. The lowest BCUT2D eigenvalue weighted by molar-refractivity contribution is -0.117. The number of methoxy groups -OCH3 is 1. The Bertz CT molecular complexity index is 734. The van der Waals surface area contributed by atoms with Crippen molar-refractivity contribution < 1.29 is 14.3 Å². The summed E-state index contributed by atoms with van der Waals surface area (Å²) in [6, 6.07) is 14.2. The molecule has 0 aliphatic rings. The van der Waals surface area contributed by atoms with E-state index in [1.165, 1.54) is 11.8 Å². The Morgan fingerprint density at radius 3 is 2.46 bits per heavy atom. The average molecular weight is 347 g/mol. The molecule has 0 saturated heterocycles. The van der Waals surface area contributed by atoms with Crippen molar-refractivity contribution in [2.45, 2.75) is 13.3 Å². The molecule has 6 heteroatoms. The smallest absolute Gasteiger partial charge is 0.226 e. The molecule has 2 rings (SSSR count). The lowest BCUT2D eigenvalue weighted by atomic mass is 10.2. The van der Waals surface area contributed by atoms with E-state index in [9.17, 15) is 9.59 Å². The van der Waals surface area contributed by atoms with Gasteiger partial charge in [0.2, 0.25) is 11.8 Å². The highest BCUT2D eigenvalue weighted by Crippen LogP contribution is 2.28. The molecule has 0 radical (unpaired) electrons. The summed E-state index contributed by atoms with van der Waals surface area (Å²) < 4.78 is 5.28. The molecular formula is C18H19ClN2O3. The van der Waals surface area contributed by atoms with Gasteiger partial charge in [-0.1, -0.05) is 35.9 Å². The molecule has 0 atom stereocenters. The highest BCUT2D eigenvalue weighted by Gasteiger charge is 2.17. The molecule has 0 aliphatic heterocycles. The van der Waals surface area contributed by atoms with Crippen LogP contribution < -0.4 is 15.0 Å².